The number of carbonyl (C=O) groups is 1. The van der Waals surface area contributed by atoms with Crippen molar-refractivity contribution in [2.45, 2.75) is 25.1 Å². The number of nitrogens with zero attached hydrogens (tertiary/aromatic N) is 1. The van der Waals surface area contributed by atoms with Crippen LogP contribution in [0.4, 0.5) is 13.2 Å². The molecule has 1 aliphatic rings. The molecule has 2 rings (SSSR count). The number of aromatic carboxylic acids is 1. The van der Waals surface area contributed by atoms with E-state index in [0.717, 1.165) is 6.20 Å². The van der Waals surface area contributed by atoms with Crippen LogP contribution in [0.3, 0.4) is 0 Å². The van der Waals surface area contributed by atoms with Gasteiger partial charge in [-0.2, -0.15) is 13.2 Å². The molecule has 0 radical (unpaired) electrons. The fourth-order valence-corrected chi connectivity index (χ4v) is 1.24. The average Bonchev–Trinajstić information content (AvgIpc) is 3.00. The van der Waals surface area contributed by atoms with Gasteiger partial charge in [0.1, 0.15) is 17.0 Å². The van der Waals surface area contributed by atoms with Gasteiger partial charge >= 0.3 is 12.1 Å². The highest BCUT2D eigenvalue weighted by molar-refractivity contribution is 5.85. The number of hydrogen-bond acceptors (Lipinski definition) is 3. The molecule has 92 valence electrons. The third kappa shape index (κ3) is 2.66. The van der Waals surface area contributed by atoms with E-state index in [2.05, 4.69) is 4.98 Å². The topological polar surface area (TPSA) is 59.4 Å². The first kappa shape index (κ1) is 11.7. The molecule has 1 heterocycles. The second-order valence-corrected chi connectivity index (χ2v) is 3.69. The van der Waals surface area contributed by atoms with Gasteiger partial charge in [0.2, 0.25) is 0 Å². The number of aromatic nitrogens is 1. The van der Waals surface area contributed by atoms with Crippen LogP contribution in [0, 0.1) is 0 Å². The maximum absolute atomic E-state index is 12.7. The second kappa shape index (κ2) is 3.90. The fourth-order valence-electron chi connectivity index (χ4n) is 1.24. The summed E-state index contributed by atoms with van der Waals surface area (Å²) in [5, 5.41) is 8.59. The van der Waals surface area contributed by atoms with E-state index in [4.69, 9.17) is 9.84 Å². The SMILES string of the molecule is O=C(O)c1cc(C(F)(F)F)c(OC2CC2)cn1. The summed E-state index contributed by atoms with van der Waals surface area (Å²) in [5.74, 6) is -1.92. The first-order valence-electron chi connectivity index (χ1n) is 4.85. The normalized spacial score (nSPS) is 15.7. The molecular formula is C10H8F3NO3. The number of halogens is 3. The zero-order valence-corrected chi connectivity index (χ0v) is 8.49. The van der Waals surface area contributed by atoms with Crippen LogP contribution in [-0.4, -0.2) is 22.2 Å². The molecule has 0 aromatic carbocycles. The molecule has 0 atom stereocenters. The summed E-state index contributed by atoms with van der Waals surface area (Å²) in [6.07, 6.45) is -2.65. The molecule has 7 heteroatoms. The highest BCUT2D eigenvalue weighted by atomic mass is 19.4. The van der Waals surface area contributed by atoms with E-state index < -0.39 is 29.2 Å². The third-order valence-corrected chi connectivity index (χ3v) is 2.21. The third-order valence-electron chi connectivity index (χ3n) is 2.21. The number of alkyl halides is 3. The Bertz CT molecular complexity index is 455. The lowest BCUT2D eigenvalue weighted by molar-refractivity contribution is -0.139. The van der Waals surface area contributed by atoms with Crippen molar-refractivity contribution in [3.63, 3.8) is 0 Å². The Labute approximate surface area is 94.0 Å². The molecule has 1 aliphatic carbocycles. The van der Waals surface area contributed by atoms with E-state index in [1.807, 2.05) is 0 Å². The summed E-state index contributed by atoms with van der Waals surface area (Å²) in [5.41, 5.74) is -1.75. The maximum atomic E-state index is 12.7. The molecule has 0 bridgehead atoms. The van der Waals surface area contributed by atoms with Crippen molar-refractivity contribution in [2.75, 3.05) is 0 Å². The van der Waals surface area contributed by atoms with Crippen molar-refractivity contribution in [3.05, 3.63) is 23.5 Å². The monoisotopic (exact) mass is 247 g/mol. The maximum Gasteiger partial charge on any atom is 0.420 e. The number of hydrogen-bond donors (Lipinski definition) is 1. The number of carboxylic acid groups (broad SMARTS) is 1. The quantitative estimate of drug-likeness (QED) is 0.890. The van der Waals surface area contributed by atoms with Crippen molar-refractivity contribution in [1.29, 1.82) is 0 Å². The molecule has 4 nitrogen and oxygen atoms in total. The highest BCUT2D eigenvalue weighted by Crippen LogP contribution is 2.38. The highest BCUT2D eigenvalue weighted by Gasteiger charge is 2.37. The molecule has 1 N–H and O–H groups in total. The number of ether oxygens (including phenoxy) is 1. The standard InChI is InChI=1S/C10H8F3NO3/c11-10(12,13)6-3-7(9(15)16)14-4-8(6)17-5-1-2-5/h3-5H,1-2H2,(H,15,16). The van der Waals surface area contributed by atoms with Gasteiger partial charge in [-0.25, -0.2) is 9.78 Å². The molecule has 1 fully saturated rings. The zero-order chi connectivity index (χ0) is 12.6. The van der Waals surface area contributed by atoms with E-state index in [-0.39, 0.29) is 6.10 Å². The van der Waals surface area contributed by atoms with Gasteiger partial charge in [0.15, 0.2) is 0 Å². The molecule has 0 aliphatic heterocycles. The van der Waals surface area contributed by atoms with Crippen LogP contribution in [0.2, 0.25) is 0 Å². The predicted octanol–water partition coefficient (Wildman–Crippen LogP) is 2.34. The first-order chi connectivity index (χ1) is 7.88. The summed E-state index contributed by atoms with van der Waals surface area (Å²) >= 11 is 0. The molecule has 1 saturated carbocycles. The van der Waals surface area contributed by atoms with E-state index in [9.17, 15) is 18.0 Å². The van der Waals surface area contributed by atoms with E-state index in [1.54, 1.807) is 0 Å². The zero-order valence-electron chi connectivity index (χ0n) is 8.49. The molecule has 0 spiro atoms. The Morgan fingerprint density at radius 3 is 2.59 bits per heavy atom. The van der Waals surface area contributed by atoms with Gasteiger partial charge in [-0.15, -0.1) is 0 Å². The second-order valence-electron chi connectivity index (χ2n) is 3.69. The van der Waals surface area contributed by atoms with Gasteiger partial charge in [-0.3, -0.25) is 0 Å². The fraction of sp³-hybridized carbons (Fsp3) is 0.400. The van der Waals surface area contributed by atoms with Crippen LogP contribution in [0.1, 0.15) is 28.9 Å². The Morgan fingerprint density at radius 1 is 1.47 bits per heavy atom. The smallest absolute Gasteiger partial charge is 0.420 e. The molecule has 17 heavy (non-hydrogen) atoms. The van der Waals surface area contributed by atoms with Crippen molar-refractivity contribution in [2.24, 2.45) is 0 Å². The Hall–Kier alpha value is -1.79. The minimum absolute atomic E-state index is 0.214. The van der Waals surface area contributed by atoms with Crippen LogP contribution in [0.5, 0.6) is 5.75 Å². The van der Waals surface area contributed by atoms with Gasteiger partial charge in [-0.05, 0) is 18.9 Å². The van der Waals surface area contributed by atoms with Crippen molar-refractivity contribution < 1.29 is 27.8 Å². The van der Waals surface area contributed by atoms with Crippen LogP contribution >= 0.6 is 0 Å². The van der Waals surface area contributed by atoms with E-state index in [0.29, 0.717) is 18.9 Å². The largest absolute Gasteiger partial charge is 0.488 e. The van der Waals surface area contributed by atoms with E-state index >= 15 is 0 Å². The molecule has 0 amide bonds. The summed E-state index contributed by atoms with van der Waals surface area (Å²) in [6.45, 7) is 0. The molecule has 1 aromatic rings. The van der Waals surface area contributed by atoms with Crippen molar-refractivity contribution in [1.82, 2.24) is 4.98 Å². The summed E-state index contributed by atoms with van der Waals surface area (Å²) < 4.78 is 43.0. The number of pyridine rings is 1. The lowest BCUT2D eigenvalue weighted by atomic mass is 10.2. The molecule has 0 saturated heterocycles. The van der Waals surface area contributed by atoms with Gasteiger partial charge < -0.3 is 9.84 Å². The molecule has 0 unspecified atom stereocenters. The Morgan fingerprint density at radius 2 is 2.12 bits per heavy atom. The van der Waals surface area contributed by atoms with Crippen molar-refractivity contribution in [3.8, 4) is 5.75 Å². The molecular weight excluding hydrogens is 239 g/mol. The van der Waals surface area contributed by atoms with Gasteiger partial charge in [-0.1, -0.05) is 0 Å². The number of rotatable bonds is 3. The first-order valence-corrected chi connectivity index (χ1v) is 4.85. The minimum Gasteiger partial charge on any atom is -0.488 e. The van der Waals surface area contributed by atoms with Gasteiger partial charge in [0.05, 0.1) is 12.3 Å². The average molecular weight is 247 g/mol. The number of carboxylic acids is 1. The summed E-state index contributed by atoms with van der Waals surface area (Å²) in [4.78, 5) is 14.0. The van der Waals surface area contributed by atoms with Crippen LogP contribution in [-0.2, 0) is 6.18 Å². The van der Waals surface area contributed by atoms with E-state index in [1.165, 1.54) is 0 Å². The van der Waals surface area contributed by atoms with Crippen LogP contribution < -0.4 is 4.74 Å². The summed E-state index contributed by atoms with van der Waals surface area (Å²) in [7, 11) is 0. The Balaban J connectivity index is 2.39. The minimum atomic E-state index is -4.66. The van der Waals surface area contributed by atoms with Gasteiger partial charge in [0, 0.05) is 0 Å². The van der Waals surface area contributed by atoms with Crippen molar-refractivity contribution >= 4 is 5.97 Å². The lowest BCUT2D eigenvalue weighted by Gasteiger charge is -2.13. The Kier molecular flexibility index (Phi) is 2.68. The van der Waals surface area contributed by atoms with Crippen LogP contribution in [0.15, 0.2) is 12.3 Å². The summed E-state index contributed by atoms with van der Waals surface area (Å²) in [6, 6.07) is 0.486. The van der Waals surface area contributed by atoms with Crippen LogP contribution in [0.25, 0.3) is 0 Å². The molecule has 1 aromatic heterocycles. The lowest BCUT2D eigenvalue weighted by Crippen LogP contribution is -2.12. The predicted molar refractivity (Wildman–Crippen MR) is 49.8 cm³/mol. The van der Waals surface area contributed by atoms with Gasteiger partial charge in [0.25, 0.3) is 0 Å².